The van der Waals surface area contributed by atoms with E-state index in [9.17, 15) is 4.79 Å². The van der Waals surface area contributed by atoms with E-state index in [0.29, 0.717) is 28.3 Å². The van der Waals surface area contributed by atoms with Gasteiger partial charge >= 0.3 is 5.69 Å². The highest BCUT2D eigenvalue weighted by molar-refractivity contribution is 6.31. The van der Waals surface area contributed by atoms with Crippen molar-refractivity contribution in [3.05, 3.63) is 81.1 Å². The molecular weight excluding hydrogens is 577 g/mol. The molecule has 0 radical (unpaired) electrons. The average molecular weight is 618 g/mol. The Bertz CT molecular complexity index is 1690. The number of hydrogen-bond acceptors (Lipinski definition) is 6. The molecule has 0 bridgehead atoms. The highest BCUT2D eigenvalue weighted by Crippen LogP contribution is 2.32. The second-order valence-electron chi connectivity index (χ2n) is 12.3. The lowest BCUT2D eigenvalue weighted by molar-refractivity contribution is 0.312. The summed E-state index contributed by atoms with van der Waals surface area (Å²) in [6, 6.07) is 14.3. The Morgan fingerprint density at radius 3 is 2.80 bits per heavy atom. The highest BCUT2D eigenvalue weighted by Gasteiger charge is 2.22. The van der Waals surface area contributed by atoms with Crippen LogP contribution in [0.2, 0.25) is 5.02 Å². The number of rotatable bonds is 10. The number of nitrogens with zero attached hydrogens (tertiary/aromatic N) is 3. The summed E-state index contributed by atoms with van der Waals surface area (Å²) in [6.07, 6.45) is 11.0. The lowest BCUT2D eigenvalue weighted by Crippen LogP contribution is -2.39. The average Bonchev–Trinajstić information content (AvgIpc) is 3.68. The summed E-state index contributed by atoms with van der Waals surface area (Å²) in [7, 11) is 0. The van der Waals surface area contributed by atoms with Crippen LogP contribution in [-0.4, -0.2) is 45.5 Å². The van der Waals surface area contributed by atoms with Crippen LogP contribution in [0.1, 0.15) is 75.5 Å². The number of nitrogens with one attached hydrogen (secondary N) is 3. The SMILES string of the molecule is C[C@H](N)CCCc1cc(Cl)c(F)c(-c2cc3cn(-c4ccc([C@H]5CCC[C@H](CCNC6=NCCC6)N5)cc4)c(=O)nc3[nH]2)c1. The number of fused-ring (bicyclic) bond motifs is 1. The van der Waals surface area contributed by atoms with Crippen molar-refractivity contribution in [1.82, 2.24) is 25.2 Å². The fourth-order valence-corrected chi connectivity index (χ4v) is 6.63. The third kappa shape index (κ3) is 7.06. The zero-order chi connectivity index (χ0) is 30.6. The van der Waals surface area contributed by atoms with Gasteiger partial charge in [0, 0.05) is 54.8 Å². The summed E-state index contributed by atoms with van der Waals surface area (Å²) in [5, 5.41) is 8.10. The first-order valence-corrected chi connectivity index (χ1v) is 16.2. The minimum absolute atomic E-state index is 0.0686. The quantitative estimate of drug-likeness (QED) is 0.169. The summed E-state index contributed by atoms with van der Waals surface area (Å²) in [6.45, 7) is 3.87. The van der Waals surface area contributed by atoms with Crippen molar-refractivity contribution in [2.24, 2.45) is 10.7 Å². The lowest BCUT2D eigenvalue weighted by atomic mass is 9.92. The zero-order valence-electron chi connectivity index (χ0n) is 25.2. The van der Waals surface area contributed by atoms with Crippen LogP contribution in [0.4, 0.5) is 4.39 Å². The third-order valence-corrected chi connectivity index (χ3v) is 9.04. The van der Waals surface area contributed by atoms with E-state index in [2.05, 4.69) is 37.7 Å². The first-order valence-electron chi connectivity index (χ1n) is 15.8. The van der Waals surface area contributed by atoms with Crippen LogP contribution < -0.4 is 22.1 Å². The van der Waals surface area contributed by atoms with E-state index < -0.39 is 11.5 Å². The second kappa shape index (κ2) is 13.6. The van der Waals surface area contributed by atoms with Gasteiger partial charge in [-0.25, -0.2) is 9.18 Å². The van der Waals surface area contributed by atoms with Gasteiger partial charge in [-0.2, -0.15) is 4.98 Å². The Morgan fingerprint density at radius 1 is 1.18 bits per heavy atom. The summed E-state index contributed by atoms with van der Waals surface area (Å²) >= 11 is 6.27. The van der Waals surface area contributed by atoms with Crippen molar-refractivity contribution < 1.29 is 4.39 Å². The van der Waals surface area contributed by atoms with E-state index in [1.54, 1.807) is 12.3 Å². The molecule has 44 heavy (non-hydrogen) atoms. The Hall–Kier alpha value is -3.53. The normalized spacial score (nSPS) is 19.3. The monoisotopic (exact) mass is 617 g/mol. The number of nitrogens with two attached hydrogens (primary N) is 1. The number of aromatic nitrogens is 3. The van der Waals surface area contributed by atoms with Crippen molar-refractivity contribution in [3.63, 3.8) is 0 Å². The van der Waals surface area contributed by atoms with Gasteiger partial charge in [-0.1, -0.05) is 30.2 Å². The molecule has 0 saturated carbocycles. The molecule has 10 heteroatoms. The predicted molar refractivity (Wildman–Crippen MR) is 176 cm³/mol. The number of aliphatic imine (C=N–C) groups is 1. The molecule has 4 heterocycles. The Labute approximate surface area is 262 Å². The van der Waals surface area contributed by atoms with Gasteiger partial charge in [0.25, 0.3) is 0 Å². The number of aromatic amines is 1. The smallest absolute Gasteiger partial charge is 0.354 e. The summed E-state index contributed by atoms with van der Waals surface area (Å²) < 4.78 is 16.7. The molecule has 2 aromatic heterocycles. The number of hydrogen-bond donors (Lipinski definition) is 4. The van der Waals surface area contributed by atoms with Crippen LogP contribution in [0.5, 0.6) is 0 Å². The molecule has 6 rings (SSSR count). The molecular formula is C34H41ClFN7O. The number of piperidine rings is 1. The molecule has 0 spiro atoms. The zero-order valence-corrected chi connectivity index (χ0v) is 26.0. The molecule has 1 saturated heterocycles. The third-order valence-electron chi connectivity index (χ3n) is 8.76. The van der Waals surface area contributed by atoms with E-state index in [0.717, 1.165) is 75.1 Å². The van der Waals surface area contributed by atoms with Crippen LogP contribution in [0.25, 0.3) is 28.0 Å². The molecule has 0 unspecified atom stereocenters. The van der Waals surface area contributed by atoms with Crippen molar-refractivity contribution in [2.75, 3.05) is 13.1 Å². The number of amidine groups is 1. The van der Waals surface area contributed by atoms with Crippen molar-refractivity contribution in [3.8, 4) is 16.9 Å². The van der Waals surface area contributed by atoms with Crippen molar-refractivity contribution in [2.45, 2.75) is 82.8 Å². The molecule has 0 amide bonds. The number of aryl methyl sites for hydroxylation is 1. The fraction of sp³-hybridized carbons (Fsp3) is 0.441. The summed E-state index contributed by atoms with van der Waals surface area (Å²) in [5.74, 6) is 0.652. The molecule has 5 N–H and O–H groups in total. The van der Waals surface area contributed by atoms with Gasteiger partial charge in [0.05, 0.1) is 22.2 Å². The van der Waals surface area contributed by atoms with E-state index >= 15 is 4.39 Å². The predicted octanol–water partition coefficient (Wildman–Crippen LogP) is 6.20. The summed E-state index contributed by atoms with van der Waals surface area (Å²) in [5.41, 5.74) is 9.65. The fourth-order valence-electron chi connectivity index (χ4n) is 6.39. The van der Waals surface area contributed by atoms with Gasteiger partial charge in [-0.15, -0.1) is 0 Å². The van der Waals surface area contributed by atoms with Crippen LogP contribution in [-0.2, 0) is 6.42 Å². The van der Waals surface area contributed by atoms with Gasteiger partial charge in [0.2, 0.25) is 0 Å². The Morgan fingerprint density at radius 2 is 2.02 bits per heavy atom. The van der Waals surface area contributed by atoms with Crippen LogP contribution in [0, 0.1) is 5.82 Å². The van der Waals surface area contributed by atoms with Crippen LogP contribution >= 0.6 is 11.6 Å². The van der Waals surface area contributed by atoms with E-state index in [1.807, 2.05) is 31.2 Å². The minimum atomic E-state index is -0.502. The molecule has 232 valence electrons. The Balaban J connectivity index is 1.16. The molecule has 0 aliphatic carbocycles. The van der Waals surface area contributed by atoms with Gasteiger partial charge in [0.15, 0.2) is 5.82 Å². The van der Waals surface area contributed by atoms with Crippen molar-refractivity contribution >= 4 is 28.5 Å². The first kappa shape index (κ1) is 30.5. The standard InChI is InChI=1S/C34H41ClFN7O/c1-21(37)5-2-6-22-17-27(32(36)28(35)18-22)30-19-24-20-43(34(44)42-33(24)41-30)26-12-10-23(11-13-26)29-8-3-7-25(40-29)14-16-39-31-9-4-15-38-31/h10-13,17-21,25,29,40H,2-9,14-16,37H2,1H3,(H,38,39)(H,41,42,44)/t21-,25+,29+/m0/s1. The molecule has 1 fully saturated rings. The van der Waals surface area contributed by atoms with E-state index in [-0.39, 0.29) is 17.1 Å². The molecule has 3 atom stereocenters. The topological polar surface area (TPSA) is 113 Å². The largest absolute Gasteiger partial charge is 0.374 e. The maximum Gasteiger partial charge on any atom is 0.354 e. The Kier molecular flexibility index (Phi) is 9.44. The lowest BCUT2D eigenvalue weighted by Gasteiger charge is -2.31. The van der Waals surface area contributed by atoms with Gasteiger partial charge < -0.3 is 21.4 Å². The van der Waals surface area contributed by atoms with Crippen molar-refractivity contribution in [1.29, 1.82) is 0 Å². The highest BCUT2D eigenvalue weighted by atomic mass is 35.5. The second-order valence-corrected chi connectivity index (χ2v) is 12.7. The van der Waals surface area contributed by atoms with Gasteiger partial charge in [-0.3, -0.25) is 9.56 Å². The maximum atomic E-state index is 15.1. The van der Waals surface area contributed by atoms with E-state index in [4.69, 9.17) is 17.3 Å². The minimum Gasteiger partial charge on any atom is -0.374 e. The number of H-pyrrole nitrogens is 1. The molecule has 2 aliphatic rings. The molecule has 8 nitrogen and oxygen atoms in total. The molecule has 4 aromatic rings. The van der Waals surface area contributed by atoms with Crippen LogP contribution in [0.15, 0.2) is 58.4 Å². The van der Waals surface area contributed by atoms with E-state index in [1.165, 1.54) is 23.0 Å². The van der Waals surface area contributed by atoms with Gasteiger partial charge in [0.1, 0.15) is 5.65 Å². The molecule has 2 aliphatic heterocycles. The number of benzene rings is 2. The summed E-state index contributed by atoms with van der Waals surface area (Å²) in [4.78, 5) is 25.0. The molecule has 2 aromatic carbocycles. The maximum absolute atomic E-state index is 15.1. The van der Waals surface area contributed by atoms with Crippen LogP contribution in [0.3, 0.4) is 0 Å². The van der Waals surface area contributed by atoms with Gasteiger partial charge in [-0.05, 0) is 93.3 Å². The number of halogens is 2. The first-order chi connectivity index (χ1) is 21.3.